The monoisotopic (exact) mass is 772 g/mol. The Morgan fingerprint density at radius 1 is 1.07 bits per heavy atom. The fraction of sp³-hybridized carbons (Fsp3) is 0.442. The van der Waals surface area contributed by atoms with Crippen LogP contribution in [-0.4, -0.2) is 69.1 Å². The molecule has 0 spiro atoms. The van der Waals surface area contributed by atoms with Gasteiger partial charge in [-0.3, -0.25) is 4.90 Å². The first-order valence-electron chi connectivity index (χ1n) is 19.7. The highest BCUT2D eigenvalue weighted by Gasteiger charge is 2.34. The molecule has 3 N–H and O–H groups in total. The minimum Gasteiger partial charge on any atom is -0.370 e. The standard InChI is InChI=1S/C28H43N3.C15H10ClN9/c1-4-29-23(2)12-15-28(3)16-13-25-22-26(10-11-27(25)28)31-20-18-30(19-21-31)17-14-24-8-6-5-7-9-24;16-11-5-10(7-18)8-21-15(11)23-14-6-12(19-2-1-17)13(9-20-14)25-4-3-22-24-25/h4,10-11,22,24,29H,1-2,5-9,12-21H2,3H3;3-6,8-9H,2H2,(H2,19,20,21,23). The zero-order chi connectivity index (χ0) is 39.3. The first-order chi connectivity index (χ1) is 27.3. The maximum Gasteiger partial charge on any atom is 0.150 e. The molecular formula is C43H53ClN12. The van der Waals surface area contributed by atoms with Gasteiger partial charge in [-0.25, -0.2) is 14.6 Å². The van der Waals surface area contributed by atoms with E-state index >= 15 is 0 Å². The molecule has 0 bridgehead atoms. The van der Waals surface area contributed by atoms with Crippen molar-refractivity contribution in [3.63, 3.8) is 0 Å². The lowest BCUT2D eigenvalue weighted by atomic mass is 9.79. The van der Waals surface area contributed by atoms with Crippen molar-refractivity contribution in [2.75, 3.05) is 54.8 Å². The van der Waals surface area contributed by atoms with Gasteiger partial charge >= 0.3 is 0 Å². The molecule has 3 aromatic heterocycles. The first-order valence-corrected chi connectivity index (χ1v) is 20.1. The quantitative estimate of drug-likeness (QED) is 0.106. The lowest BCUT2D eigenvalue weighted by Gasteiger charge is -2.37. The highest BCUT2D eigenvalue weighted by molar-refractivity contribution is 6.33. The maximum absolute atomic E-state index is 8.85. The third kappa shape index (κ3) is 10.4. The second-order valence-corrected chi connectivity index (χ2v) is 15.6. The molecule has 4 heterocycles. The molecule has 1 atom stereocenters. The summed E-state index contributed by atoms with van der Waals surface area (Å²) in [5.74, 6) is 1.83. The number of anilines is 4. The number of pyridine rings is 2. The highest BCUT2D eigenvalue weighted by atomic mass is 35.5. The molecule has 1 aromatic carbocycles. The molecule has 0 amide bonds. The molecule has 7 rings (SSSR count). The van der Waals surface area contributed by atoms with Crippen molar-refractivity contribution in [1.29, 1.82) is 10.5 Å². The van der Waals surface area contributed by atoms with Gasteiger partial charge in [0.1, 0.15) is 29.9 Å². The zero-order valence-corrected chi connectivity index (χ0v) is 33.2. The Labute approximate surface area is 336 Å². The molecule has 0 radical (unpaired) electrons. The molecule has 56 heavy (non-hydrogen) atoms. The molecule has 2 fully saturated rings. The SMILES string of the molecule is C=CNC(=C)CCC1(C)CCc2cc(N3CCN(CCC4CCCCC4)CC3)ccc21.N#CCNc1cc(Nc2ncc(C#N)cc2Cl)ncc1-n1ccnn1. The van der Waals surface area contributed by atoms with Crippen LogP contribution in [0.5, 0.6) is 0 Å². The molecule has 1 unspecified atom stereocenters. The van der Waals surface area contributed by atoms with Gasteiger partial charge in [-0.15, -0.1) is 5.10 Å². The summed E-state index contributed by atoms with van der Waals surface area (Å²) < 4.78 is 1.53. The molecule has 1 aliphatic heterocycles. The van der Waals surface area contributed by atoms with E-state index in [4.69, 9.17) is 22.1 Å². The van der Waals surface area contributed by atoms with E-state index in [1.54, 1.807) is 42.0 Å². The predicted octanol–water partition coefficient (Wildman–Crippen LogP) is 8.27. The van der Waals surface area contributed by atoms with Crippen LogP contribution in [0.2, 0.25) is 5.02 Å². The number of allylic oxidation sites excluding steroid dienone is 1. The minimum atomic E-state index is 0.112. The second-order valence-electron chi connectivity index (χ2n) is 15.2. The maximum atomic E-state index is 8.85. The zero-order valence-electron chi connectivity index (χ0n) is 32.5. The number of aromatic nitrogens is 5. The molecule has 4 aromatic rings. The Hall–Kier alpha value is -5.43. The van der Waals surface area contributed by atoms with E-state index < -0.39 is 0 Å². The summed E-state index contributed by atoms with van der Waals surface area (Å²) in [6.45, 7) is 16.5. The summed E-state index contributed by atoms with van der Waals surface area (Å²) in [6, 6.07) is 14.5. The van der Waals surface area contributed by atoms with Crippen molar-refractivity contribution in [2.45, 2.75) is 76.5 Å². The third-order valence-electron chi connectivity index (χ3n) is 11.4. The lowest BCUT2D eigenvalue weighted by Crippen LogP contribution is -2.47. The van der Waals surface area contributed by atoms with Gasteiger partial charge in [0.2, 0.25) is 0 Å². The summed E-state index contributed by atoms with van der Waals surface area (Å²) in [5, 5.41) is 34.8. The second kappa shape index (κ2) is 19.4. The van der Waals surface area contributed by atoms with Crippen LogP contribution in [0.25, 0.3) is 5.69 Å². The summed E-state index contributed by atoms with van der Waals surface area (Å²) in [4.78, 5) is 13.7. The number of nitrogens with zero attached hydrogens (tertiary/aromatic N) is 9. The number of fused-ring (bicyclic) bond motifs is 1. The normalized spacial score (nSPS) is 18.1. The number of hydrogen-bond donors (Lipinski definition) is 3. The number of rotatable bonds is 14. The van der Waals surface area contributed by atoms with Crippen molar-refractivity contribution in [3.8, 4) is 17.8 Å². The molecule has 2 aliphatic carbocycles. The van der Waals surface area contributed by atoms with Crippen LogP contribution in [0.3, 0.4) is 0 Å². The van der Waals surface area contributed by atoms with Crippen molar-refractivity contribution >= 4 is 34.6 Å². The van der Waals surface area contributed by atoms with Crippen molar-refractivity contribution < 1.29 is 0 Å². The van der Waals surface area contributed by atoms with Crippen LogP contribution in [0, 0.1) is 28.6 Å². The van der Waals surface area contributed by atoms with Crippen LogP contribution < -0.4 is 20.9 Å². The number of hydrogen-bond acceptors (Lipinski definition) is 11. The number of nitrogens with one attached hydrogen (secondary N) is 3. The molecular weight excluding hydrogens is 720 g/mol. The molecule has 1 saturated carbocycles. The lowest BCUT2D eigenvalue weighted by molar-refractivity contribution is 0.221. The Balaban J connectivity index is 0.000000194. The van der Waals surface area contributed by atoms with E-state index in [9.17, 15) is 0 Å². The predicted molar refractivity (Wildman–Crippen MR) is 224 cm³/mol. The van der Waals surface area contributed by atoms with Crippen LogP contribution in [0.15, 0.2) is 80.2 Å². The van der Waals surface area contributed by atoms with E-state index in [-0.39, 0.29) is 12.0 Å². The first kappa shape index (κ1) is 40.2. The van der Waals surface area contributed by atoms with Crippen LogP contribution in [-0.2, 0) is 11.8 Å². The topological polar surface area (TPSA) is 147 Å². The van der Waals surface area contributed by atoms with Gasteiger partial charge < -0.3 is 20.9 Å². The van der Waals surface area contributed by atoms with Gasteiger partial charge in [-0.1, -0.05) is 75.1 Å². The summed E-state index contributed by atoms with van der Waals surface area (Å²) in [5.41, 5.74) is 7.55. The smallest absolute Gasteiger partial charge is 0.150 e. The summed E-state index contributed by atoms with van der Waals surface area (Å²) >= 11 is 6.11. The van der Waals surface area contributed by atoms with E-state index in [0.717, 1.165) is 24.5 Å². The van der Waals surface area contributed by atoms with Gasteiger partial charge in [0.05, 0.1) is 40.9 Å². The molecule has 13 heteroatoms. The Morgan fingerprint density at radius 3 is 2.61 bits per heavy atom. The van der Waals surface area contributed by atoms with E-state index in [1.807, 2.05) is 12.1 Å². The van der Waals surface area contributed by atoms with Crippen LogP contribution in [0.1, 0.15) is 81.4 Å². The van der Waals surface area contributed by atoms with Crippen molar-refractivity contribution in [3.05, 3.63) is 102 Å². The van der Waals surface area contributed by atoms with Crippen LogP contribution >= 0.6 is 11.6 Å². The summed E-state index contributed by atoms with van der Waals surface area (Å²) in [7, 11) is 0. The number of halogens is 1. The molecule has 1 saturated heterocycles. The van der Waals surface area contributed by atoms with Crippen molar-refractivity contribution in [1.82, 2.24) is 35.2 Å². The van der Waals surface area contributed by atoms with Gasteiger partial charge in [0.15, 0.2) is 0 Å². The third-order valence-corrected chi connectivity index (χ3v) is 11.7. The number of piperazine rings is 1. The summed E-state index contributed by atoms with van der Waals surface area (Å²) in [6.07, 6.45) is 21.3. The Morgan fingerprint density at radius 2 is 1.89 bits per heavy atom. The van der Waals surface area contributed by atoms with Gasteiger partial charge in [-0.2, -0.15) is 10.5 Å². The fourth-order valence-corrected chi connectivity index (χ4v) is 8.33. The number of aryl methyl sites for hydroxylation is 1. The van der Waals surface area contributed by atoms with Crippen molar-refractivity contribution in [2.24, 2.45) is 5.92 Å². The largest absolute Gasteiger partial charge is 0.370 e. The fourth-order valence-electron chi connectivity index (χ4n) is 8.12. The minimum absolute atomic E-state index is 0.112. The molecule has 12 nitrogen and oxygen atoms in total. The van der Waals surface area contributed by atoms with E-state index in [1.165, 1.54) is 107 Å². The van der Waals surface area contributed by atoms with E-state index in [2.05, 4.69) is 84.3 Å². The van der Waals surface area contributed by atoms with Gasteiger partial charge in [-0.05, 0) is 85.5 Å². The number of benzene rings is 1. The van der Waals surface area contributed by atoms with E-state index in [0.29, 0.717) is 33.6 Å². The van der Waals surface area contributed by atoms with Gasteiger partial charge in [0, 0.05) is 49.8 Å². The molecule has 292 valence electrons. The Bertz CT molecular complexity index is 2020. The van der Waals surface area contributed by atoms with Gasteiger partial charge in [0.25, 0.3) is 0 Å². The average molecular weight is 773 g/mol. The highest BCUT2D eigenvalue weighted by Crippen LogP contribution is 2.44. The molecule has 3 aliphatic rings. The Kier molecular flexibility index (Phi) is 14.0. The van der Waals surface area contributed by atoms with Crippen LogP contribution in [0.4, 0.5) is 23.0 Å². The number of nitriles is 2. The average Bonchev–Trinajstić information content (AvgIpc) is 3.89.